The third-order valence-electron chi connectivity index (χ3n) is 4.75. The van der Waals surface area contributed by atoms with Crippen molar-refractivity contribution in [3.63, 3.8) is 0 Å². The lowest BCUT2D eigenvalue weighted by atomic mass is 10.1. The first-order valence-electron chi connectivity index (χ1n) is 9.86. The van der Waals surface area contributed by atoms with Crippen LogP contribution in [0.1, 0.15) is 21.5 Å². The van der Waals surface area contributed by atoms with Gasteiger partial charge in [0.1, 0.15) is 0 Å². The van der Waals surface area contributed by atoms with E-state index in [-0.39, 0.29) is 5.91 Å². The number of rotatable bonds is 7. The molecule has 1 heterocycles. The van der Waals surface area contributed by atoms with Crippen LogP contribution >= 0.6 is 11.8 Å². The molecule has 1 amide bonds. The van der Waals surface area contributed by atoms with E-state index in [1.807, 2.05) is 91.8 Å². The van der Waals surface area contributed by atoms with E-state index in [0.29, 0.717) is 5.56 Å². The first-order chi connectivity index (χ1) is 15.1. The summed E-state index contributed by atoms with van der Waals surface area (Å²) >= 11 is 1.63. The second kappa shape index (κ2) is 9.49. The van der Waals surface area contributed by atoms with Crippen LogP contribution in [0.5, 0.6) is 0 Å². The van der Waals surface area contributed by atoms with Crippen LogP contribution < -0.4 is 10.3 Å². The summed E-state index contributed by atoms with van der Waals surface area (Å²) < 4.78 is 0. The summed E-state index contributed by atoms with van der Waals surface area (Å²) in [6, 6.07) is 23.4. The topological polar surface area (TPSA) is 73.4 Å². The number of amides is 1. The van der Waals surface area contributed by atoms with Crippen LogP contribution in [0, 0.1) is 0 Å². The molecule has 0 atom stereocenters. The maximum atomic E-state index is 12.3. The molecule has 0 aliphatic rings. The highest BCUT2D eigenvalue weighted by atomic mass is 32.2. The van der Waals surface area contributed by atoms with E-state index in [1.165, 1.54) is 0 Å². The number of carbonyl (C=O) groups excluding carboxylic acids is 1. The van der Waals surface area contributed by atoms with E-state index in [4.69, 9.17) is 0 Å². The molecule has 0 aliphatic carbocycles. The number of para-hydroxylation sites is 2. The molecule has 31 heavy (non-hydrogen) atoms. The van der Waals surface area contributed by atoms with Crippen LogP contribution in [0.25, 0.3) is 11.0 Å². The zero-order chi connectivity index (χ0) is 21.6. The predicted octanol–water partition coefficient (Wildman–Crippen LogP) is 4.69. The summed E-state index contributed by atoms with van der Waals surface area (Å²) in [5.41, 5.74) is 8.29. The molecular formula is C24H23N5OS. The molecule has 1 aromatic heterocycles. The zero-order valence-corrected chi connectivity index (χ0v) is 18.2. The molecule has 156 valence electrons. The normalized spacial score (nSPS) is 11.2. The lowest BCUT2D eigenvalue weighted by molar-refractivity contribution is 0.0955. The Bertz CT molecular complexity index is 1160. The van der Waals surface area contributed by atoms with Gasteiger partial charge in [-0.05, 0) is 47.5 Å². The van der Waals surface area contributed by atoms with Crippen LogP contribution in [0.4, 0.5) is 5.69 Å². The van der Waals surface area contributed by atoms with Crippen LogP contribution in [-0.2, 0) is 5.75 Å². The Kier molecular flexibility index (Phi) is 6.33. The van der Waals surface area contributed by atoms with Gasteiger partial charge in [-0.2, -0.15) is 5.10 Å². The first kappa shape index (κ1) is 20.7. The number of benzene rings is 3. The summed E-state index contributed by atoms with van der Waals surface area (Å²) in [6.07, 6.45) is 1.63. The molecule has 3 aromatic carbocycles. The molecule has 2 N–H and O–H groups in total. The number of carbonyl (C=O) groups is 1. The molecule has 7 heteroatoms. The quantitative estimate of drug-likeness (QED) is 0.254. The van der Waals surface area contributed by atoms with Gasteiger partial charge in [-0.3, -0.25) is 4.79 Å². The number of hydrogen-bond donors (Lipinski definition) is 2. The number of nitrogens with one attached hydrogen (secondary N) is 2. The third kappa shape index (κ3) is 5.32. The fraction of sp³-hybridized carbons (Fsp3) is 0.125. The smallest absolute Gasteiger partial charge is 0.271 e. The van der Waals surface area contributed by atoms with Crippen LogP contribution in [0.2, 0.25) is 0 Å². The number of nitrogens with zero attached hydrogens (tertiary/aromatic N) is 3. The number of aromatic nitrogens is 2. The number of imidazole rings is 1. The number of H-pyrrole nitrogens is 1. The Balaban J connectivity index is 1.30. The van der Waals surface area contributed by atoms with Crippen molar-refractivity contribution in [2.75, 3.05) is 19.0 Å². The van der Waals surface area contributed by atoms with Crippen molar-refractivity contribution in [2.24, 2.45) is 5.10 Å². The number of hydrazone groups is 1. The van der Waals surface area contributed by atoms with Gasteiger partial charge in [-0.25, -0.2) is 10.4 Å². The van der Waals surface area contributed by atoms with Gasteiger partial charge in [0.2, 0.25) is 0 Å². The summed E-state index contributed by atoms with van der Waals surface area (Å²) in [5, 5.41) is 4.94. The summed E-state index contributed by atoms with van der Waals surface area (Å²) in [5.74, 6) is 0.528. The van der Waals surface area contributed by atoms with Gasteiger partial charge in [0.05, 0.1) is 17.2 Å². The predicted molar refractivity (Wildman–Crippen MR) is 128 cm³/mol. The summed E-state index contributed by atoms with van der Waals surface area (Å²) in [6.45, 7) is 0. The van der Waals surface area contributed by atoms with E-state index in [0.717, 1.165) is 38.8 Å². The Morgan fingerprint density at radius 1 is 1.06 bits per heavy atom. The van der Waals surface area contributed by atoms with Crippen molar-refractivity contribution in [1.29, 1.82) is 0 Å². The highest BCUT2D eigenvalue weighted by Crippen LogP contribution is 2.23. The Hall–Kier alpha value is -3.58. The fourth-order valence-electron chi connectivity index (χ4n) is 2.99. The number of anilines is 1. The molecule has 0 fully saturated rings. The van der Waals surface area contributed by atoms with E-state index in [1.54, 1.807) is 18.0 Å². The minimum absolute atomic E-state index is 0.238. The van der Waals surface area contributed by atoms with Gasteiger partial charge in [-0.1, -0.05) is 48.2 Å². The van der Waals surface area contributed by atoms with Gasteiger partial charge in [0.15, 0.2) is 5.16 Å². The lowest BCUT2D eigenvalue weighted by Crippen LogP contribution is -2.17. The molecule has 4 rings (SSSR count). The van der Waals surface area contributed by atoms with Crippen molar-refractivity contribution < 1.29 is 4.79 Å². The fourth-order valence-corrected chi connectivity index (χ4v) is 3.83. The van der Waals surface area contributed by atoms with Gasteiger partial charge in [0.25, 0.3) is 5.91 Å². The van der Waals surface area contributed by atoms with Crippen molar-refractivity contribution in [2.45, 2.75) is 10.9 Å². The molecule has 0 radical (unpaired) electrons. The number of hydrogen-bond acceptors (Lipinski definition) is 5. The van der Waals surface area contributed by atoms with Crippen LogP contribution in [0.3, 0.4) is 0 Å². The van der Waals surface area contributed by atoms with Gasteiger partial charge >= 0.3 is 0 Å². The molecule has 0 saturated carbocycles. The standard InChI is InChI=1S/C24H23N5OS/c1-29(2)20-13-9-17(10-14-20)15-25-28-23(30)19-11-7-18(8-12-19)16-31-24-26-21-5-3-4-6-22(21)27-24/h3-15H,16H2,1-2H3,(H,26,27)(H,28,30). The van der Waals surface area contributed by atoms with E-state index < -0.39 is 0 Å². The van der Waals surface area contributed by atoms with E-state index in [2.05, 4.69) is 20.5 Å². The molecule has 0 spiro atoms. The average Bonchev–Trinajstić information content (AvgIpc) is 3.21. The van der Waals surface area contributed by atoms with E-state index in [9.17, 15) is 4.79 Å². The number of fused-ring (bicyclic) bond motifs is 1. The second-order valence-electron chi connectivity index (χ2n) is 7.23. The minimum atomic E-state index is -0.238. The van der Waals surface area contributed by atoms with Gasteiger partial charge in [-0.15, -0.1) is 0 Å². The minimum Gasteiger partial charge on any atom is -0.378 e. The molecule has 0 unspecified atom stereocenters. The Morgan fingerprint density at radius 2 is 1.81 bits per heavy atom. The maximum absolute atomic E-state index is 12.3. The largest absolute Gasteiger partial charge is 0.378 e. The van der Waals surface area contributed by atoms with Gasteiger partial charge in [0, 0.05) is 31.1 Å². The van der Waals surface area contributed by atoms with Crippen LogP contribution in [0.15, 0.2) is 83.1 Å². The number of thioether (sulfide) groups is 1. The number of aromatic amines is 1. The lowest BCUT2D eigenvalue weighted by Gasteiger charge is -2.11. The second-order valence-corrected chi connectivity index (χ2v) is 8.19. The van der Waals surface area contributed by atoms with E-state index >= 15 is 0 Å². The molecule has 4 aromatic rings. The zero-order valence-electron chi connectivity index (χ0n) is 17.4. The first-order valence-corrected chi connectivity index (χ1v) is 10.8. The average molecular weight is 430 g/mol. The highest BCUT2D eigenvalue weighted by Gasteiger charge is 2.06. The van der Waals surface area contributed by atoms with Crippen molar-refractivity contribution >= 4 is 40.6 Å². The molecular weight excluding hydrogens is 406 g/mol. The molecule has 0 saturated heterocycles. The van der Waals surface area contributed by atoms with Crippen molar-refractivity contribution in [3.8, 4) is 0 Å². The highest BCUT2D eigenvalue weighted by molar-refractivity contribution is 7.98. The molecule has 6 nitrogen and oxygen atoms in total. The maximum Gasteiger partial charge on any atom is 0.271 e. The van der Waals surface area contributed by atoms with Crippen molar-refractivity contribution in [1.82, 2.24) is 15.4 Å². The SMILES string of the molecule is CN(C)c1ccc(C=NNC(=O)c2ccc(CSc3nc4ccccc4[nH]3)cc2)cc1. The summed E-state index contributed by atoms with van der Waals surface area (Å²) in [7, 11) is 3.98. The van der Waals surface area contributed by atoms with Gasteiger partial charge < -0.3 is 9.88 Å². The molecule has 0 aliphatic heterocycles. The monoisotopic (exact) mass is 429 g/mol. The third-order valence-corrected chi connectivity index (χ3v) is 5.69. The Labute approximate surface area is 185 Å². The summed E-state index contributed by atoms with van der Waals surface area (Å²) in [4.78, 5) is 22.2. The van der Waals surface area contributed by atoms with Crippen molar-refractivity contribution in [3.05, 3.63) is 89.5 Å². The molecule has 0 bridgehead atoms. The van der Waals surface area contributed by atoms with Crippen LogP contribution in [-0.4, -0.2) is 36.2 Å². The Morgan fingerprint density at radius 3 is 2.52 bits per heavy atom.